The van der Waals surface area contributed by atoms with Crippen LogP contribution in [0.1, 0.15) is 41.5 Å². The summed E-state index contributed by atoms with van der Waals surface area (Å²) in [6.45, 7) is 5.10. The minimum Gasteiger partial charge on any atom is -0.507 e. The zero-order valence-electron chi connectivity index (χ0n) is 19.4. The molecule has 2 heterocycles. The number of ether oxygens (including phenoxy) is 1. The molecule has 0 saturated carbocycles. The molecule has 0 aliphatic carbocycles. The predicted octanol–water partition coefficient (Wildman–Crippen LogP) is 5.32. The Labute approximate surface area is 206 Å². The maximum Gasteiger partial charge on any atom is 0.310 e. The number of rotatable bonds is 6. The van der Waals surface area contributed by atoms with Gasteiger partial charge in [0, 0.05) is 16.1 Å². The van der Waals surface area contributed by atoms with E-state index < -0.39 is 23.5 Å². The van der Waals surface area contributed by atoms with Crippen LogP contribution in [0, 0.1) is 12.7 Å². The van der Waals surface area contributed by atoms with Gasteiger partial charge in [0.1, 0.15) is 17.6 Å². The molecule has 2 aromatic carbocycles. The molecule has 1 saturated heterocycles. The molecule has 0 spiro atoms. The number of anilines is 1. The van der Waals surface area contributed by atoms with Crippen LogP contribution >= 0.6 is 11.3 Å². The lowest BCUT2D eigenvalue weighted by Gasteiger charge is -2.24. The molecule has 3 aromatic rings. The molecule has 1 aliphatic heterocycles. The van der Waals surface area contributed by atoms with Crippen molar-refractivity contribution in [1.82, 2.24) is 0 Å². The fourth-order valence-corrected chi connectivity index (χ4v) is 4.83. The Hall–Kier alpha value is -3.78. The van der Waals surface area contributed by atoms with Crippen LogP contribution in [0.4, 0.5) is 10.1 Å². The van der Waals surface area contributed by atoms with Crippen LogP contribution in [-0.4, -0.2) is 28.9 Å². The molecule has 1 atom stereocenters. The van der Waals surface area contributed by atoms with Crippen LogP contribution in [0.25, 0.3) is 5.76 Å². The topological polar surface area (TPSA) is 83.9 Å². The lowest BCUT2D eigenvalue weighted by atomic mass is 9.98. The second kappa shape index (κ2) is 9.84. The summed E-state index contributed by atoms with van der Waals surface area (Å²) in [6.07, 6.45) is -0.139. The maximum atomic E-state index is 13.8. The van der Waals surface area contributed by atoms with Crippen LogP contribution in [0.5, 0.6) is 0 Å². The number of benzene rings is 2. The molecule has 1 amide bonds. The van der Waals surface area contributed by atoms with E-state index in [0.717, 1.165) is 0 Å². The molecule has 1 N–H and O–H groups in total. The number of carbonyl (C=O) groups excluding carboxylic acids is 3. The molecule has 6 nitrogen and oxygen atoms in total. The van der Waals surface area contributed by atoms with Crippen molar-refractivity contribution >= 4 is 40.4 Å². The second-order valence-corrected chi connectivity index (χ2v) is 9.51. The van der Waals surface area contributed by atoms with Gasteiger partial charge < -0.3 is 9.84 Å². The van der Waals surface area contributed by atoms with Gasteiger partial charge in [-0.15, -0.1) is 11.3 Å². The first-order chi connectivity index (χ1) is 16.7. The molecule has 180 valence electrons. The van der Waals surface area contributed by atoms with Crippen molar-refractivity contribution in [2.45, 2.75) is 39.3 Å². The Morgan fingerprint density at radius 3 is 2.46 bits per heavy atom. The van der Waals surface area contributed by atoms with Gasteiger partial charge in [0.25, 0.3) is 11.7 Å². The number of halogens is 1. The Morgan fingerprint density at radius 1 is 1.14 bits per heavy atom. The number of Topliss-reactive ketones (excluding diaryl/α,β-unsaturated/α-hetero) is 1. The Bertz CT molecular complexity index is 1310. The number of esters is 1. The van der Waals surface area contributed by atoms with Crippen molar-refractivity contribution in [3.05, 3.63) is 92.9 Å². The van der Waals surface area contributed by atoms with E-state index in [1.54, 1.807) is 57.2 Å². The summed E-state index contributed by atoms with van der Waals surface area (Å²) in [7, 11) is 0. The summed E-state index contributed by atoms with van der Waals surface area (Å²) in [5.41, 5.74) is 1.64. The van der Waals surface area contributed by atoms with Crippen LogP contribution in [0.3, 0.4) is 0 Å². The monoisotopic (exact) mass is 493 g/mol. The summed E-state index contributed by atoms with van der Waals surface area (Å²) >= 11 is 1.35. The number of hydrogen-bond acceptors (Lipinski definition) is 6. The minimum atomic E-state index is -0.850. The quantitative estimate of drug-likeness (QED) is 0.218. The summed E-state index contributed by atoms with van der Waals surface area (Å²) in [6, 6.07) is 13.5. The molecule has 0 radical (unpaired) electrons. The Morgan fingerprint density at radius 2 is 1.86 bits per heavy atom. The first kappa shape index (κ1) is 24.3. The summed E-state index contributed by atoms with van der Waals surface area (Å²) in [4.78, 5) is 40.3. The van der Waals surface area contributed by atoms with Gasteiger partial charge in [0.05, 0.1) is 18.1 Å². The minimum absolute atomic E-state index is 0.0620. The standard InChI is InChI=1S/C27H24FNO5S/c1-15(2)34-22(30)14-17-6-9-19(10-7-17)29-24(21-5-4-12-35-21)23(26(32)27(29)33)25(31)18-8-11-20(28)16(3)13-18/h4-13,15,24,31H,14H2,1-3H3/b25-23-. The molecule has 0 bridgehead atoms. The van der Waals surface area contributed by atoms with Gasteiger partial charge in [-0.25, -0.2) is 4.39 Å². The van der Waals surface area contributed by atoms with Crippen molar-refractivity contribution in [3.8, 4) is 0 Å². The van der Waals surface area contributed by atoms with E-state index in [-0.39, 0.29) is 35.4 Å². The van der Waals surface area contributed by atoms with Gasteiger partial charge in [0.15, 0.2) is 0 Å². The number of hydrogen-bond donors (Lipinski definition) is 1. The number of nitrogens with zero attached hydrogens (tertiary/aromatic N) is 1. The highest BCUT2D eigenvalue weighted by atomic mass is 32.1. The SMILES string of the molecule is Cc1cc(/C(O)=C2/C(=O)C(=O)N(c3ccc(CC(=O)OC(C)C)cc3)C2c2cccs2)ccc1F. The number of aliphatic hydroxyl groups is 1. The fourth-order valence-electron chi connectivity index (χ4n) is 4.01. The highest BCUT2D eigenvalue weighted by Crippen LogP contribution is 2.43. The smallest absolute Gasteiger partial charge is 0.310 e. The van der Waals surface area contributed by atoms with E-state index >= 15 is 0 Å². The number of aliphatic hydroxyl groups excluding tert-OH is 1. The van der Waals surface area contributed by atoms with Gasteiger partial charge in [0.2, 0.25) is 0 Å². The van der Waals surface area contributed by atoms with E-state index in [0.29, 0.717) is 21.7 Å². The number of ketones is 1. The molecule has 1 aliphatic rings. The maximum absolute atomic E-state index is 13.8. The number of carbonyl (C=O) groups is 3. The molecular formula is C27H24FNO5S. The van der Waals surface area contributed by atoms with Crippen molar-refractivity contribution in [2.24, 2.45) is 0 Å². The summed E-state index contributed by atoms with van der Waals surface area (Å²) in [5.74, 6) is -2.76. The van der Waals surface area contributed by atoms with Crippen LogP contribution in [0.15, 0.2) is 65.6 Å². The zero-order valence-corrected chi connectivity index (χ0v) is 20.3. The molecular weight excluding hydrogens is 469 g/mol. The zero-order chi connectivity index (χ0) is 25.3. The first-order valence-electron chi connectivity index (χ1n) is 11.1. The van der Waals surface area contributed by atoms with Crippen molar-refractivity contribution in [3.63, 3.8) is 0 Å². The third-order valence-corrected chi connectivity index (χ3v) is 6.54. The van der Waals surface area contributed by atoms with Gasteiger partial charge in [-0.2, -0.15) is 0 Å². The molecule has 4 rings (SSSR count). The van der Waals surface area contributed by atoms with Crippen molar-refractivity contribution < 1.29 is 28.6 Å². The normalized spacial score (nSPS) is 17.3. The van der Waals surface area contributed by atoms with Gasteiger partial charge in [-0.3, -0.25) is 19.3 Å². The Balaban J connectivity index is 1.75. The Kier molecular flexibility index (Phi) is 6.84. The molecule has 8 heteroatoms. The molecule has 1 aromatic heterocycles. The third kappa shape index (κ3) is 4.88. The summed E-state index contributed by atoms with van der Waals surface area (Å²) in [5, 5.41) is 12.9. The first-order valence-corrected chi connectivity index (χ1v) is 11.9. The van der Waals surface area contributed by atoms with Gasteiger partial charge in [-0.1, -0.05) is 18.2 Å². The fraction of sp³-hybridized carbons (Fsp3) is 0.222. The lowest BCUT2D eigenvalue weighted by Crippen LogP contribution is -2.29. The van der Waals surface area contributed by atoms with E-state index in [4.69, 9.17) is 4.74 Å². The van der Waals surface area contributed by atoms with Crippen LogP contribution in [0.2, 0.25) is 0 Å². The molecule has 35 heavy (non-hydrogen) atoms. The third-order valence-electron chi connectivity index (χ3n) is 5.62. The van der Waals surface area contributed by atoms with Crippen molar-refractivity contribution in [2.75, 3.05) is 4.90 Å². The van der Waals surface area contributed by atoms with Crippen LogP contribution < -0.4 is 4.90 Å². The van der Waals surface area contributed by atoms with Crippen LogP contribution in [-0.2, 0) is 25.5 Å². The lowest BCUT2D eigenvalue weighted by molar-refractivity contribution is -0.146. The predicted molar refractivity (Wildman–Crippen MR) is 132 cm³/mol. The summed E-state index contributed by atoms with van der Waals surface area (Å²) < 4.78 is 19.0. The number of aryl methyl sites for hydroxylation is 1. The highest BCUT2D eigenvalue weighted by Gasteiger charge is 2.47. The number of amides is 1. The average molecular weight is 494 g/mol. The van der Waals surface area contributed by atoms with Gasteiger partial charge in [-0.05, 0) is 73.7 Å². The van der Waals surface area contributed by atoms with E-state index in [9.17, 15) is 23.9 Å². The van der Waals surface area contributed by atoms with Gasteiger partial charge >= 0.3 is 5.97 Å². The largest absolute Gasteiger partial charge is 0.507 e. The highest BCUT2D eigenvalue weighted by molar-refractivity contribution is 7.10. The van der Waals surface area contributed by atoms with Crippen molar-refractivity contribution in [1.29, 1.82) is 0 Å². The molecule has 1 fully saturated rings. The van der Waals surface area contributed by atoms with E-state index in [1.807, 2.05) is 5.38 Å². The van der Waals surface area contributed by atoms with E-state index in [1.165, 1.54) is 34.4 Å². The average Bonchev–Trinajstić information content (AvgIpc) is 3.42. The molecule has 1 unspecified atom stereocenters. The number of thiophene rings is 1. The van der Waals surface area contributed by atoms with E-state index in [2.05, 4.69) is 0 Å². The second-order valence-electron chi connectivity index (χ2n) is 8.53.